The number of thiophene rings is 2. The highest BCUT2D eigenvalue weighted by molar-refractivity contribution is 7.17. The maximum atomic E-state index is 6.41. The van der Waals surface area contributed by atoms with Crippen molar-refractivity contribution in [1.29, 1.82) is 0 Å². The highest BCUT2D eigenvalue weighted by Gasteiger charge is 2.14. The second-order valence-electron chi connectivity index (χ2n) is 4.73. The number of fused-ring (bicyclic) bond motifs is 1. The first-order valence-corrected chi connectivity index (χ1v) is 8.32. The fraction of sp³-hybridized carbons (Fsp3) is 0.250. The van der Waals surface area contributed by atoms with Crippen LogP contribution in [-0.4, -0.2) is 0 Å². The third kappa shape index (κ3) is 2.46. The van der Waals surface area contributed by atoms with Crippen molar-refractivity contribution in [3.8, 4) is 0 Å². The van der Waals surface area contributed by atoms with Gasteiger partial charge in [-0.05, 0) is 52.2 Å². The van der Waals surface area contributed by atoms with E-state index < -0.39 is 0 Å². The Kier molecular flexibility index (Phi) is 3.69. The molecular weight excluding hydrogens is 270 g/mol. The summed E-state index contributed by atoms with van der Waals surface area (Å²) >= 11 is 3.60. The van der Waals surface area contributed by atoms with Crippen molar-refractivity contribution in [2.24, 2.45) is 5.73 Å². The van der Waals surface area contributed by atoms with E-state index in [9.17, 15) is 0 Å². The molecule has 2 aromatic heterocycles. The Morgan fingerprint density at radius 2 is 1.95 bits per heavy atom. The number of hydrogen-bond acceptors (Lipinski definition) is 3. The van der Waals surface area contributed by atoms with Gasteiger partial charge in [-0.1, -0.05) is 25.1 Å². The van der Waals surface area contributed by atoms with Gasteiger partial charge in [0.2, 0.25) is 0 Å². The summed E-state index contributed by atoms with van der Waals surface area (Å²) in [5.41, 5.74) is 9.19. The maximum absolute atomic E-state index is 6.41. The number of benzene rings is 1. The molecular formula is C16H17NS2. The van der Waals surface area contributed by atoms with Crippen molar-refractivity contribution in [2.45, 2.75) is 25.8 Å². The van der Waals surface area contributed by atoms with E-state index in [0.717, 1.165) is 12.8 Å². The predicted octanol–water partition coefficient (Wildman–Crippen LogP) is 4.77. The highest BCUT2D eigenvalue weighted by atomic mass is 32.1. The van der Waals surface area contributed by atoms with Gasteiger partial charge in [-0.15, -0.1) is 22.7 Å². The molecule has 0 aliphatic carbocycles. The van der Waals surface area contributed by atoms with Crippen LogP contribution in [0.1, 0.15) is 29.0 Å². The maximum Gasteiger partial charge on any atom is 0.0433 e. The van der Waals surface area contributed by atoms with E-state index in [4.69, 9.17) is 5.73 Å². The van der Waals surface area contributed by atoms with E-state index in [1.54, 1.807) is 11.3 Å². The smallest absolute Gasteiger partial charge is 0.0433 e. The molecule has 0 fully saturated rings. The molecule has 0 saturated carbocycles. The molecule has 0 aliphatic heterocycles. The Balaban J connectivity index is 1.89. The molecule has 1 atom stereocenters. The summed E-state index contributed by atoms with van der Waals surface area (Å²) in [6, 6.07) is 10.9. The van der Waals surface area contributed by atoms with Crippen molar-refractivity contribution in [2.75, 3.05) is 0 Å². The normalized spacial score (nSPS) is 12.9. The summed E-state index contributed by atoms with van der Waals surface area (Å²) < 4.78 is 1.35. The van der Waals surface area contributed by atoms with Gasteiger partial charge < -0.3 is 5.73 Å². The first kappa shape index (κ1) is 12.9. The molecule has 1 nitrogen and oxygen atoms in total. The average molecular weight is 287 g/mol. The van der Waals surface area contributed by atoms with E-state index in [-0.39, 0.29) is 6.04 Å². The van der Waals surface area contributed by atoms with Crippen LogP contribution in [0.25, 0.3) is 10.1 Å². The minimum absolute atomic E-state index is 0.118. The van der Waals surface area contributed by atoms with E-state index in [1.807, 2.05) is 11.3 Å². The monoisotopic (exact) mass is 287 g/mol. The lowest BCUT2D eigenvalue weighted by atomic mass is 10.0. The van der Waals surface area contributed by atoms with E-state index in [0.29, 0.717) is 0 Å². The summed E-state index contributed by atoms with van der Waals surface area (Å²) in [5.74, 6) is 0. The zero-order valence-electron chi connectivity index (χ0n) is 10.9. The summed E-state index contributed by atoms with van der Waals surface area (Å²) in [4.78, 5) is 1.35. The van der Waals surface area contributed by atoms with Gasteiger partial charge in [-0.2, -0.15) is 0 Å². The first-order chi connectivity index (χ1) is 9.29. The fourth-order valence-corrected chi connectivity index (χ4v) is 4.46. The summed E-state index contributed by atoms with van der Waals surface area (Å²) in [5, 5.41) is 5.77. The minimum Gasteiger partial charge on any atom is -0.323 e. The van der Waals surface area contributed by atoms with Crippen molar-refractivity contribution in [3.63, 3.8) is 0 Å². The number of hydrogen-bond donors (Lipinski definition) is 1. The van der Waals surface area contributed by atoms with Gasteiger partial charge in [0.25, 0.3) is 0 Å². The number of aryl methyl sites for hydroxylation is 1. The van der Waals surface area contributed by atoms with Crippen LogP contribution in [-0.2, 0) is 12.8 Å². The van der Waals surface area contributed by atoms with Crippen LogP contribution in [0.2, 0.25) is 0 Å². The van der Waals surface area contributed by atoms with Crippen LogP contribution < -0.4 is 5.73 Å². The Bertz CT molecular complexity index is 681. The molecule has 19 heavy (non-hydrogen) atoms. The quantitative estimate of drug-likeness (QED) is 0.735. The topological polar surface area (TPSA) is 26.0 Å². The van der Waals surface area contributed by atoms with Crippen LogP contribution >= 0.6 is 22.7 Å². The van der Waals surface area contributed by atoms with Crippen molar-refractivity contribution >= 4 is 32.8 Å². The average Bonchev–Trinajstić information content (AvgIpc) is 3.05. The molecule has 0 spiro atoms. The predicted molar refractivity (Wildman–Crippen MR) is 86.2 cm³/mol. The minimum atomic E-state index is 0.118. The molecule has 3 heteroatoms. The molecule has 0 amide bonds. The summed E-state index contributed by atoms with van der Waals surface area (Å²) in [6.07, 6.45) is 1.99. The molecule has 0 aliphatic rings. The van der Waals surface area contributed by atoms with Crippen molar-refractivity contribution < 1.29 is 0 Å². The first-order valence-electron chi connectivity index (χ1n) is 6.56. The van der Waals surface area contributed by atoms with E-state index >= 15 is 0 Å². The van der Waals surface area contributed by atoms with Gasteiger partial charge in [-0.3, -0.25) is 0 Å². The summed E-state index contributed by atoms with van der Waals surface area (Å²) in [7, 11) is 0. The summed E-state index contributed by atoms with van der Waals surface area (Å²) in [6.45, 7) is 2.19. The second-order valence-corrected chi connectivity index (χ2v) is 6.59. The van der Waals surface area contributed by atoms with Gasteiger partial charge in [-0.25, -0.2) is 0 Å². The van der Waals surface area contributed by atoms with Gasteiger partial charge >= 0.3 is 0 Å². The second kappa shape index (κ2) is 5.45. The molecule has 3 aromatic rings. The van der Waals surface area contributed by atoms with Crippen LogP contribution in [0.4, 0.5) is 0 Å². The highest BCUT2D eigenvalue weighted by Crippen LogP contribution is 2.31. The van der Waals surface area contributed by atoms with Crippen molar-refractivity contribution in [3.05, 3.63) is 57.1 Å². The van der Waals surface area contributed by atoms with E-state index in [1.165, 1.54) is 26.1 Å². The Morgan fingerprint density at radius 1 is 1.11 bits per heavy atom. The molecule has 0 bridgehead atoms. The van der Waals surface area contributed by atoms with Gasteiger partial charge in [0.1, 0.15) is 0 Å². The molecule has 98 valence electrons. The third-order valence-corrected chi connectivity index (χ3v) is 5.60. The lowest BCUT2D eigenvalue weighted by Gasteiger charge is -2.11. The van der Waals surface area contributed by atoms with Crippen LogP contribution in [0.5, 0.6) is 0 Å². The lowest BCUT2D eigenvalue weighted by molar-refractivity contribution is 0.733. The van der Waals surface area contributed by atoms with E-state index in [2.05, 4.69) is 48.0 Å². The zero-order chi connectivity index (χ0) is 13.2. The molecule has 1 unspecified atom stereocenters. The Hall–Kier alpha value is -1.16. The molecule has 1 aromatic carbocycles. The van der Waals surface area contributed by atoms with Crippen LogP contribution in [0, 0.1) is 0 Å². The molecule has 2 N–H and O–H groups in total. The fourth-order valence-electron chi connectivity index (χ4n) is 2.49. The Labute approximate surface area is 121 Å². The van der Waals surface area contributed by atoms with Crippen LogP contribution in [0.3, 0.4) is 0 Å². The SMILES string of the molecule is CCc1ccsc1C(N)Cc1csc2ccccc12. The Morgan fingerprint density at radius 3 is 2.79 bits per heavy atom. The van der Waals surface area contributed by atoms with Crippen molar-refractivity contribution in [1.82, 2.24) is 0 Å². The number of rotatable bonds is 4. The van der Waals surface area contributed by atoms with Gasteiger partial charge in [0, 0.05) is 15.6 Å². The molecule has 3 rings (SSSR count). The largest absolute Gasteiger partial charge is 0.323 e. The lowest BCUT2D eigenvalue weighted by Crippen LogP contribution is -2.13. The molecule has 0 radical (unpaired) electrons. The molecule has 2 heterocycles. The zero-order valence-corrected chi connectivity index (χ0v) is 12.6. The van der Waals surface area contributed by atoms with Crippen LogP contribution in [0.15, 0.2) is 41.1 Å². The van der Waals surface area contributed by atoms with Gasteiger partial charge in [0.15, 0.2) is 0 Å². The third-order valence-electron chi connectivity index (χ3n) is 3.50. The standard InChI is InChI=1S/C16H17NS2/c1-2-11-7-8-18-16(11)14(17)9-12-10-19-15-6-4-3-5-13(12)15/h3-8,10,14H,2,9,17H2,1H3. The van der Waals surface area contributed by atoms with Gasteiger partial charge in [0.05, 0.1) is 0 Å². The number of nitrogens with two attached hydrogens (primary N) is 1. The molecule has 0 saturated heterocycles.